The van der Waals surface area contributed by atoms with Crippen molar-refractivity contribution in [2.24, 2.45) is 5.92 Å². The van der Waals surface area contributed by atoms with Crippen molar-refractivity contribution in [2.45, 2.75) is 57.4 Å². The van der Waals surface area contributed by atoms with Gasteiger partial charge in [0.2, 0.25) is 5.91 Å². The molecule has 24 heavy (non-hydrogen) atoms. The van der Waals surface area contributed by atoms with Gasteiger partial charge in [-0.1, -0.05) is 25.7 Å². The summed E-state index contributed by atoms with van der Waals surface area (Å²) in [4.78, 5) is 30.8. The molecular weight excluding hydrogens is 302 g/mol. The molecule has 2 heterocycles. The highest BCUT2D eigenvalue weighted by Crippen LogP contribution is 2.21. The second-order valence-electron chi connectivity index (χ2n) is 7.01. The van der Waals surface area contributed by atoms with Crippen LogP contribution < -0.4 is 5.32 Å². The molecule has 1 aromatic heterocycles. The Balaban J connectivity index is 1.47. The molecule has 0 unspecified atom stereocenters. The number of likely N-dealkylation sites (tertiary alicyclic amines) is 1. The third-order valence-electron chi connectivity index (χ3n) is 5.26. The summed E-state index contributed by atoms with van der Waals surface area (Å²) in [7, 11) is 0. The van der Waals surface area contributed by atoms with E-state index in [9.17, 15) is 9.59 Å². The summed E-state index contributed by atoms with van der Waals surface area (Å²) in [5.41, 5.74) is 0.624. The lowest BCUT2D eigenvalue weighted by atomic mass is 9.94. The van der Waals surface area contributed by atoms with E-state index in [1.807, 2.05) is 4.90 Å². The number of nitrogens with one attached hydrogen (secondary N) is 1. The zero-order valence-electron chi connectivity index (χ0n) is 14.2. The summed E-state index contributed by atoms with van der Waals surface area (Å²) in [6.07, 6.45) is 12.0. The van der Waals surface area contributed by atoms with E-state index in [-0.39, 0.29) is 17.7 Å². The third-order valence-corrected chi connectivity index (χ3v) is 5.26. The number of carbonyl (C=O) groups excluding carboxylic acids is 2. The Labute approximate surface area is 143 Å². The summed E-state index contributed by atoms with van der Waals surface area (Å²) >= 11 is 0. The highest BCUT2D eigenvalue weighted by Gasteiger charge is 2.29. The molecule has 0 spiro atoms. The lowest BCUT2D eigenvalue weighted by Crippen LogP contribution is -2.45. The van der Waals surface area contributed by atoms with Crippen LogP contribution in [0.3, 0.4) is 0 Å². The molecule has 2 aliphatic rings. The predicted molar refractivity (Wildman–Crippen MR) is 92.5 cm³/mol. The molecule has 0 atom stereocenters. The van der Waals surface area contributed by atoms with Crippen LogP contribution in [-0.2, 0) is 4.79 Å². The molecular formula is C19H27N3O2. The highest BCUT2D eigenvalue weighted by atomic mass is 16.2. The van der Waals surface area contributed by atoms with Crippen molar-refractivity contribution < 1.29 is 9.59 Å². The maximum atomic E-state index is 12.5. The second-order valence-corrected chi connectivity index (χ2v) is 7.01. The van der Waals surface area contributed by atoms with Crippen LogP contribution in [-0.4, -0.2) is 40.8 Å². The average Bonchev–Trinajstić information content (AvgIpc) is 2.90. The van der Waals surface area contributed by atoms with Crippen LogP contribution in [0, 0.1) is 5.92 Å². The van der Waals surface area contributed by atoms with Crippen LogP contribution in [0.5, 0.6) is 0 Å². The molecule has 0 radical (unpaired) electrons. The van der Waals surface area contributed by atoms with E-state index in [0.717, 1.165) is 25.7 Å². The second kappa shape index (κ2) is 8.27. The molecule has 2 fully saturated rings. The summed E-state index contributed by atoms with van der Waals surface area (Å²) in [5.74, 6) is 0.257. The smallest absolute Gasteiger partial charge is 0.255 e. The summed E-state index contributed by atoms with van der Waals surface area (Å²) in [6, 6.07) is 3.93. The normalized spacial score (nSPS) is 20.4. The van der Waals surface area contributed by atoms with E-state index in [4.69, 9.17) is 0 Å². The maximum absolute atomic E-state index is 12.5. The van der Waals surface area contributed by atoms with Crippen molar-refractivity contribution in [3.05, 3.63) is 30.1 Å². The highest BCUT2D eigenvalue weighted by molar-refractivity contribution is 5.94. The summed E-state index contributed by atoms with van der Waals surface area (Å²) < 4.78 is 0. The standard InChI is InChI=1S/C19H27N3O2/c23-18(21-17-7-3-1-2-4-8-17)15-9-12-22(13-10-15)19(24)16-6-5-11-20-14-16/h5-6,11,14-15,17H,1-4,7-10,12-13H2,(H,21,23). The van der Waals surface area contributed by atoms with E-state index < -0.39 is 0 Å². The molecule has 3 rings (SSSR count). The summed E-state index contributed by atoms with van der Waals surface area (Å²) in [6.45, 7) is 1.30. The predicted octanol–water partition coefficient (Wildman–Crippen LogP) is 2.77. The van der Waals surface area contributed by atoms with Crippen LogP contribution in [0.1, 0.15) is 61.7 Å². The van der Waals surface area contributed by atoms with Gasteiger partial charge in [-0.15, -0.1) is 0 Å². The van der Waals surface area contributed by atoms with E-state index in [0.29, 0.717) is 24.7 Å². The number of piperidine rings is 1. The van der Waals surface area contributed by atoms with Crippen LogP contribution >= 0.6 is 0 Å². The largest absolute Gasteiger partial charge is 0.353 e. The zero-order chi connectivity index (χ0) is 16.8. The van der Waals surface area contributed by atoms with Crippen molar-refractivity contribution in [2.75, 3.05) is 13.1 Å². The molecule has 1 aliphatic heterocycles. The number of carbonyl (C=O) groups is 2. The van der Waals surface area contributed by atoms with Crippen molar-refractivity contribution in [3.63, 3.8) is 0 Å². The van der Waals surface area contributed by atoms with Crippen molar-refractivity contribution in [3.8, 4) is 0 Å². The Kier molecular flexibility index (Phi) is 5.83. The van der Waals surface area contributed by atoms with Crippen molar-refractivity contribution >= 4 is 11.8 Å². The van der Waals surface area contributed by atoms with Crippen LogP contribution in [0.4, 0.5) is 0 Å². The molecule has 130 valence electrons. The Morgan fingerprint density at radius 2 is 1.75 bits per heavy atom. The quantitative estimate of drug-likeness (QED) is 0.867. The van der Waals surface area contributed by atoms with Gasteiger partial charge in [0.1, 0.15) is 0 Å². The fourth-order valence-electron chi connectivity index (χ4n) is 3.76. The van der Waals surface area contributed by atoms with Gasteiger partial charge < -0.3 is 10.2 Å². The average molecular weight is 329 g/mol. The molecule has 0 aromatic carbocycles. The van der Waals surface area contributed by atoms with E-state index in [1.54, 1.807) is 24.5 Å². The number of rotatable bonds is 3. The fourth-order valence-corrected chi connectivity index (χ4v) is 3.76. The van der Waals surface area contributed by atoms with E-state index >= 15 is 0 Å². The Morgan fingerprint density at radius 3 is 2.38 bits per heavy atom. The minimum absolute atomic E-state index is 0.0192. The van der Waals surface area contributed by atoms with Crippen LogP contribution in [0.2, 0.25) is 0 Å². The fraction of sp³-hybridized carbons (Fsp3) is 0.632. The van der Waals surface area contributed by atoms with Gasteiger partial charge in [-0.25, -0.2) is 0 Å². The molecule has 1 aromatic rings. The Morgan fingerprint density at radius 1 is 1.04 bits per heavy atom. The molecule has 0 bridgehead atoms. The first-order valence-electron chi connectivity index (χ1n) is 9.24. The van der Waals surface area contributed by atoms with Gasteiger partial charge in [-0.05, 0) is 37.8 Å². The van der Waals surface area contributed by atoms with Gasteiger partial charge in [0.25, 0.3) is 5.91 Å². The van der Waals surface area contributed by atoms with Gasteiger partial charge >= 0.3 is 0 Å². The molecule has 1 saturated carbocycles. The minimum atomic E-state index is 0.0192. The first kappa shape index (κ1) is 16.9. The molecule has 1 saturated heterocycles. The van der Waals surface area contributed by atoms with Crippen molar-refractivity contribution in [1.29, 1.82) is 0 Å². The Hall–Kier alpha value is -1.91. The lowest BCUT2D eigenvalue weighted by Gasteiger charge is -2.32. The van der Waals surface area contributed by atoms with Crippen molar-refractivity contribution in [1.82, 2.24) is 15.2 Å². The van der Waals surface area contributed by atoms with Gasteiger partial charge in [-0.3, -0.25) is 14.6 Å². The zero-order valence-corrected chi connectivity index (χ0v) is 14.2. The van der Waals surface area contributed by atoms with Crippen LogP contribution in [0.15, 0.2) is 24.5 Å². The summed E-state index contributed by atoms with van der Waals surface area (Å²) in [5, 5.41) is 3.25. The Bertz CT molecular complexity index is 545. The number of hydrogen-bond acceptors (Lipinski definition) is 3. The molecule has 2 amide bonds. The number of aromatic nitrogens is 1. The van der Waals surface area contributed by atoms with Gasteiger partial charge in [0.05, 0.1) is 5.56 Å². The van der Waals surface area contributed by atoms with Gasteiger partial charge in [-0.2, -0.15) is 0 Å². The first-order chi connectivity index (χ1) is 11.7. The maximum Gasteiger partial charge on any atom is 0.255 e. The molecule has 1 aliphatic carbocycles. The first-order valence-corrected chi connectivity index (χ1v) is 9.24. The lowest BCUT2D eigenvalue weighted by molar-refractivity contribution is -0.127. The number of pyridine rings is 1. The monoisotopic (exact) mass is 329 g/mol. The van der Waals surface area contributed by atoms with E-state index in [1.165, 1.54) is 25.7 Å². The molecule has 5 nitrogen and oxygen atoms in total. The minimum Gasteiger partial charge on any atom is -0.353 e. The van der Waals surface area contributed by atoms with Crippen LogP contribution in [0.25, 0.3) is 0 Å². The molecule has 1 N–H and O–H groups in total. The third kappa shape index (κ3) is 4.34. The number of nitrogens with zero attached hydrogens (tertiary/aromatic N) is 2. The van der Waals surface area contributed by atoms with E-state index in [2.05, 4.69) is 10.3 Å². The number of hydrogen-bond donors (Lipinski definition) is 1. The SMILES string of the molecule is O=C(NC1CCCCCC1)C1CCN(C(=O)c2cccnc2)CC1. The molecule has 5 heteroatoms. The number of amides is 2. The topological polar surface area (TPSA) is 62.3 Å². The van der Waals surface area contributed by atoms with Gasteiger partial charge in [0, 0.05) is 37.4 Å². The van der Waals surface area contributed by atoms with Gasteiger partial charge in [0.15, 0.2) is 0 Å².